The number of carbonyl (C=O) groups excluding carboxylic acids is 1. The van der Waals surface area contributed by atoms with E-state index in [0.717, 1.165) is 17.8 Å². The second-order valence-electron chi connectivity index (χ2n) is 4.50. The fourth-order valence-corrected chi connectivity index (χ4v) is 2.35. The summed E-state index contributed by atoms with van der Waals surface area (Å²) in [5.74, 6) is 0.0390. The van der Waals surface area contributed by atoms with Gasteiger partial charge in [0.2, 0.25) is 5.91 Å². The summed E-state index contributed by atoms with van der Waals surface area (Å²) in [5, 5.41) is 2.98. The molecule has 0 bridgehead atoms. The van der Waals surface area contributed by atoms with Crippen molar-refractivity contribution in [2.45, 2.75) is 19.1 Å². The molecule has 1 aromatic heterocycles. The zero-order valence-corrected chi connectivity index (χ0v) is 9.72. The van der Waals surface area contributed by atoms with Crippen molar-refractivity contribution in [1.82, 2.24) is 15.2 Å². The van der Waals surface area contributed by atoms with Gasteiger partial charge in [-0.3, -0.25) is 14.7 Å². The van der Waals surface area contributed by atoms with Crippen LogP contribution >= 0.6 is 0 Å². The van der Waals surface area contributed by atoms with E-state index in [-0.39, 0.29) is 18.1 Å². The van der Waals surface area contributed by atoms with Gasteiger partial charge in [0.1, 0.15) is 12.2 Å². The highest BCUT2D eigenvalue weighted by Crippen LogP contribution is 2.26. The van der Waals surface area contributed by atoms with Crippen LogP contribution in [0.15, 0.2) is 18.3 Å². The summed E-state index contributed by atoms with van der Waals surface area (Å²) in [4.78, 5) is 18.3. The van der Waals surface area contributed by atoms with Crippen molar-refractivity contribution in [2.24, 2.45) is 0 Å². The minimum atomic E-state index is -0.156. The Bertz CT molecular complexity index is 432. The van der Waals surface area contributed by atoms with Crippen LogP contribution in [-0.2, 0) is 9.53 Å². The molecule has 0 saturated carbocycles. The lowest BCUT2D eigenvalue weighted by Crippen LogP contribution is -2.44. The first-order chi connectivity index (χ1) is 8.25. The third-order valence-electron chi connectivity index (χ3n) is 3.30. The number of fused-ring (bicyclic) bond motifs is 1. The zero-order chi connectivity index (χ0) is 11.8. The topological polar surface area (TPSA) is 54.5 Å². The molecule has 3 heterocycles. The fraction of sp³-hybridized carbons (Fsp3) is 0.500. The Balaban J connectivity index is 1.88. The predicted molar refractivity (Wildman–Crippen MR) is 61.2 cm³/mol. The quantitative estimate of drug-likeness (QED) is 0.754. The van der Waals surface area contributed by atoms with Crippen molar-refractivity contribution >= 4 is 5.91 Å². The number of nitrogens with zero attached hydrogens (tertiary/aromatic N) is 2. The molecule has 2 aliphatic heterocycles. The zero-order valence-electron chi connectivity index (χ0n) is 9.72. The number of carbonyl (C=O) groups is 1. The first-order valence-corrected chi connectivity index (χ1v) is 5.82. The summed E-state index contributed by atoms with van der Waals surface area (Å²) in [6.07, 6.45) is 1.73. The molecule has 90 valence electrons. The van der Waals surface area contributed by atoms with E-state index in [2.05, 4.69) is 15.2 Å². The number of pyridine rings is 1. The minimum absolute atomic E-state index is 0.0390. The SMILES string of the molecule is Cc1ccc([C@H]2NC(=O)[C@@H]3COCCN23)nc1. The van der Waals surface area contributed by atoms with Crippen LogP contribution in [0.3, 0.4) is 0 Å². The van der Waals surface area contributed by atoms with E-state index in [1.54, 1.807) is 0 Å². The largest absolute Gasteiger partial charge is 0.378 e. The van der Waals surface area contributed by atoms with Gasteiger partial charge >= 0.3 is 0 Å². The second kappa shape index (κ2) is 4.09. The average molecular weight is 233 g/mol. The second-order valence-corrected chi connectivity index (χ2v) is 4.50. The molecule has 3 rings (SSSR count). The normalized spacial score (nSPS) is 28.9. The van der Waals surface area contributed by atoms with Crippen LogP contribution in [0.5, 0.6) is 0 Å². The molecule has 5 heteroatoms. The Labute approximate surface area is 99.8 Å². The molecule has 5 nitrogen and oxygen atoms in total. The Hall–Kier alpha value is -1.46. The van der Waals surface area contributed by atoms with Crippen LogP contribution in [-0.4, -0.2) is 41.6 Å². The van der Waals surface area contributed by atoms with Gasteiger partial charge in [-0.15, -0.1) is 0 Å². The van der Waals surface area contributed by atoms with E-state index < -0.39 is 0 Å². The maximum atomic E-state index is 11.8. The van der Waals surface area contributed by atoms with Crippen molar-refractivity contribution in [2.75, 3.05) is 19.8 Å². The van der Waals surface area contributed by atoms with Gasteiger partial charge in [0.15, 0.2) is 0 Å². The van der Waals surface area contributed by atoms with Crippen LogP contribution in [0.25, 0.3) is 0 Å². The molecular formula is C12H15N3O2. The number of hydrogen-bond acceptors (Lipinski definition) is 4. The van der Waals surface area contributed by atoms with Crippen molar-refractivity contribution in [1.29, 1.82) is 0 Å². The lowest BCUT2D eigenvalue weighted by molar-refractivity contribution is -0.125. The maximum absolute atomic E-state index is 11.8. The molecule has 2 fully saturated rings. The van der Waals surface area contributed by atoms with Gasteiger partial charge in [-0.2, -0.15) is 0 Å². The van der Waals surface area contributed by atoms with Gasteiger partial charge in [0.05, 0.1) is 18.9 Å². The molecule has 0 aliphatic carbocycles. The number of aryl methyl sites for hydroxylation is 1. The van der Waals surface area contributed by atoms with Crippen LogP contribution < -0.4 is 5.32 Å². The van der Waals surface area contributed by atoms with Crippen molar-refractivity contribution < 1.29 is 9.53 Å². The molecule has 17 heavy (non-hydrogen) atoms. The number of ether oxygens (including phenoxy) is 1. The van der Waals surface area contributed by atoms with E-state index in [4.69, 9.17) is 4.74 Å². The molecule has 1 amide bonds. The third-order valence-corrected chi connectivity index (χ3v) is 3.30. The Morgan fingerprint density at radius 2 is 2.41 bits per heavy atom. The molecule has 0 aromatic carbocycles. The summed E-state index contributed by atoms with van der Waals surface area (Å²) in [6.45, 7) is 3.92. The average Bonchev–Trinajstić information content (AvgIpc) is 2.69. The molecule has 2 atom stereocenters. The molecule has 2 saturated heterocycles. The third kappa shape index (κ3) is 1.81. The number of amides is 1. The van der Waals surface area contributed by atoms with E-state index in [1.165, 1.54) is 0 Å². The van der Waals surface area contributed by atoms with Gasteiger partial charge in [-0.25, -0.2) is 0 Å². The Morgan fingerprint density at radius 3 is 3.18 bits per heavy atom. The maximum Gasteiger partial charge on any atom is 0.241 e. The van der Waals surface area contributed by atoms with Crippen LogP contribution in [0, 0.1) is 6.92 Å². The van der Waals surface area contributed by atoms with Gasteiger partial charge < -0.3 is 10.1 Å². The smallest absolute Gasteiger partial charge is 0.241 e. The number of morpholine rings is 1. The first-order valence-electron chi connectivity index (χ1n) is 5.82. The van der Waals surface area contributed by atoms with Gasteiger partial charge in [-0.05, 0) is 18.6 Å². The van der Waals surface area contributed by atoms with E-state index in [0.29, 0.717) is 13.2 Å². The number of rotatable bonds is 1. The van der Waals surface area contributed by atoms with Gasteiger partial charge in [0, 0.05) is 12.7 Å². The Morgan fingerprint density at radius 1 is 1.53 bits per heavy atom. The first kappa shape index (κ1) is 10.7. The highest BCUT2D eigenvalue weighted by molar-refractivity contribution is 5.84. The highest BCUT2D eigenvalue weighted by Gasteiger charge is 2.42. The minimum Gasteiger partial charge on any atom is -0.378 e. The van der Waals surface area contributed by atoms with Gasteiger partial charge in [0.25, 0.3) is 0 Å². The molecule has 0 spiro atoms. The van der Waals surface area contributed by atoms with E-state index >= 15 is 0 Å². The summed E-state index contributed by atoms with van der Waals surface area (Å²) >= 11 is 0. The molecular weight excluding hydrogens is 218 g/mol. The molecule has 1 aromatic rings. The van der Waals surface area contributed by atoms with Crippen LogP contribution in [0.2, 0.25) is 0 Å². The van der Waals surface area contributed by atoms with Crippen molar-refractivity contribution in [3.05, 3.63) is 29.6 Å². The van der Waals surface area contributed by atoms with Crippen molar-refractivity contribution in [3.63, 3.8) is 0 Å². The summed E-state index contributed by atoms with van der Waals surface area (Å²) in [5.41, 5.74) is 2.02. The molecule has 0 unspecified atom stereocenters. The lowest BCUT2D eigenvalue weighted by Gasteiger charge is -2.30. The fourth-order valence-electron chi connectivity index (χ4n) is 2.35. The molecule has 0 radical (unpaired) electrons. The number of aromatic nitrogens is 1. The summed E-state index contributed by atoms with van der Waals surface area (Å²) < 4.78 is 5.33. The highest BCUT2D eigenvalue weighted by atomic mass is 16.5. The summed E-state index contributed by atoms with van der Waals surface area (Å²) in [7, 11) is 0. The van der Waals surface area contributed by atoms with E-state index in [9.17, 15) is 4.79 Å². The molecule has 2 aliphatic rings. The van der Waals surface area contributed by atoms with Crippen LogP contribution in [0.1, 0.15) is 17.4 Å². The number of hydrogen-bond donors (Lipinski definition) is 1. The van der Waals surface area contributed by atoms with Crippen LogP contribution in [0.4, 0.5) is 0 Å². The predicted octanol–water partition coefficient (Wildman–Crippen LogP) is 0.219. The lowest BCUT2D eigenvalue weighted by atomic mass is 10.2. The Kier molecular flexibility index (Phi) is 2.57. The molecule has 1 N–H and O–H groups in total. The van der Waals surface area contributed by atoms with Crippen molar-refractivity contribution in [3.8, 4) is 0 Å². The van der Waals surface area contributed by atoms with Gasteiger partial charge in [-0.1, -0.05) is 6.07 Å². The standard InChI is InChI=1S/C12H15N3O2/c1-8-2-3-9(13-6-8)11-14-12(16)10-7-17-5-4-15(10)11/h2-3,6,10-11H,4-5,7H2,1H3,(H,14,16)/t10-,11-/m0/s1. The number of nitrogens with one attached hydrogen (secondary N) is 1. The summed E-state index contributed by atoms with van der Waals surface area (Å²) in [6, 6.07) is 3.83. The van der Waals surface area contributed by atoms with E-state index in [1.807, 2.05) is 25.3 Å². The monoisotopic (exact) mass is 233 g/mol.